The Kier molecular flexibility index (Phi) is 6.55. The summed E-state index contributed by atoms with van der Waals surface area (Å²) in [7, 11) is 4.21. The molecule has 0 saturated heterocycles. The van der Waals surface area contributed by atoms with Crippen LogP contribution in [-0.4, -0.2) is 40.6 Å². The molecule has 2 aromatic carbocycles. The summed E-state index contributed by atoms with van der Waals surface area (Å²) in [5.41, 5.74) is 5.74. The Morgan fingerprint density at radius 2 is 1.80 bits per heavy atom. The van der Waals surface area contributed by atoms with Crippen molar-refractivity contribution in [3.63, 3.8) is 0 Å². The van der Waals surface area contributed by atoms with Gasteiger partial charge in [0.25, 0.3) is 0 Å². The van der Waals surface area contributed by atoms with Crippen LogP contribution in [0.1, 0.15) is 29.5 Å². The molecule has 6 heteroatoms. The fourth-order valence-electron chi connectivity index (χ4n) is 4.34. The highest BCUT2D eigenvalue weighted by molar-refractivity contribution is 5.92. The van der Waals surface area contributed by atoms with Gasteiger partial charge in [0.2, 0.25) is 0 Å². The first kappa shape index (κ1) is 22.7. The summed E-state index contributed by atoms with van der Waals surface area (Å²) in [6.45, 7) is 1.10. The molecule has 0 aliphatic carbocycles. The van der Waals surface area contributed by atoms with Crippen LogP contribution in [0.25, 0.3) is 28.8 Å². The summed E-state index contributed by atoms with van der Waals surface area (Å²) in [4.78, 5) is 9.37. The minimum atomic E-state index is 0.180. The third-order valence-corrected chi connectivity index (χ3v) is 6.22. The van der Waals surface area contributed by atoms with Crippen molar-refractivity contribution in [2.24, 2.45) is 10.2 Å². The van der Waals surface area contributed by atoms with E-state index in [2.05, 4.69) is 57.4 Å². The highest BCUT2D eigenvalue weighted by Crippen LogP contribution is 2.29. The van der Waals surface area contributed by atoms with Crippen molar-refractivity contribution in [2.75, 3.05) is 20.6 Å². The predicted octanol–water partition coefficient (Wildman–Crippen LogP) is 4.90. The smallest absolute Gasteiger partial charge is 0.196 e. The van der Waals surface area contributed by atoms with Gasteiger partial charge in [-0.05, 0) is 105 Å². The van der Waals surface area contributed by atoms with Gasteiger partial charge in [0.1, 0.15) is 0 Å². The van der Waals surface area contributed by atoms with Gasteiger partial charge in [-0.25, -0.2) is 0 Å². The zero-order valence-electron chi connectivity index (χ0n) is 20.1. The molecule has 0 atom stereocenters. The van der Waals surface area contributed by atoms with E-state index in [1.807, 2.05) is 48.6 Å². The Labute approximate surface area is 204 Å². The maximum atomic E-state index is 10.6. The lowest BCUT2D eigenvalue weighted by atomic mass is 10.0. The standard InChI is InChI=1S/C29H29N5O/c1-34(2)16-4-3-5-21-8-10-26-24(17-21)25(29(35)31-26)18-22-6-9-23-27(32-33-28(23)19-22)11-7-20-12-14-30-15-13-20/h6-15,17-19,31,35H,3-5,16H2,1-2H3/b11-7+,22-18+. The Hall–Kier alpha value is -4.03. The average molecular weight is 464 g/mol. The topological polar surface area (TPSA) is 76.9 Å². The molecule has 5 rings (SSSR count). The molecule has 2 N–H and O–H groups in total. The maximum Gasteiger partial charge on any atom is 0.196 e. The Morgan fingerprint density at radius 3 is 2.63 bits per heavy atom. The number of pyridine rings is 1. The first-order valence-corrected chi connectivity index (χ1v) is 11.9. The molecule has 1 aliphatic rings. The average Bonchev–Trinajstić information content (AvgIpc) is 3.41. The molecular weight excluding hydrogens is 434 g/mol. The molecule has 0 unspecified atom stereocenters. The number of azo groups is 1. The summed E-state index contributed by atoms with van der Waals surface area (Å²) in [6, 6.07) is 16.4. The minimum Gasteiger partial charge on any atom is -0.494 e. The fourth-order valence-corrected chi connectivity index (χ4v) is 4.34. The molecular formula is C29H29N5O. The molecule has 0 radical (unpaired) electrons. The number of benzene rings is 2. The van der Waals surface area contributed by atoms with Crippen LogP contribution in [0, 0.1) is 0 Å². The number of nitrogens with zero attached hydrogens (tertiary/aromatic N) is 4. The number of unbranched alkanes of at least 4 members (excludes halogenated alkanes) is 1. The zero-order chi connectivity index (χ0) is 24.2. The molecule has 0 saturated carbocycles. The fraction of sp³-hybridized carbons (Fsp3) is 0.207. The van der Waals surface area contributed by atoms with Gasteiger partial charge in [0.05, 0.1) is 11.4 Å². The van der Waals surface area contributed by atoms with Crippen molar-refractivity contribution >= 4 is 34.4 Å². The number of fused-ring (bicyclic) bond motifs is 2. The molecule has 0 amide bonds. The number of aromatic hydroxyl groups is 1. The van der Waals surface area contributed by atoms with Gasteiger partial charge in [-0.1, -0.05) is 18.2 Å². The van der Waals surface area contributed by atoms with Crippen molar-refractivity contribution in [3.05, 3.63) is 94.1 Å². The number of hydrogen-bond donors (Lipinski definition) is 2. The molecule has 176 valence electrons. The summed E-state index contributed by atoms with van der Waals surface area (Å²) < 4.78 is 0. The zero-order valence-corrected chi connectivity index (χ0v) is 20.1. The van der Waals surface area contributed by atoms with Crippen LogP contribution in [-0.2, 0) is 6.42 Å². The van der Waals surface area contributed by atoms with Gasteiger partial charge >= 0.3 is 0 Å². The van der Waals surface area contributed by atoms with E-state index in [0.717, 1.165) is 63.2 Å². The summed E-state index contributed by atoms with van der Waals surface area (Å²) in [6.07, 6.45) is 12.9. The predicted molar refractivity (Wildman–Crippen MR) is 142 cm³/mol. The lowest BCUT2D eigenvalue weighted by Gasteiger charge is -2.08. The molecule has 4 aromatic rings. The third-order valence-electron chi connectivity index (χ3n) is 6.22. The molecule has 2 aromatic heterocycles. The van der Waals surface area contributed by atoms with Crippen molar-refractivity contribution in [2.45, 2.75) is 19.3 Å². The SMILES string of the molecule is CN(C)CCCCc1ccc2[nH]c(O)c(/C=c3\ccc4c(c3)N=NC=4/C=C/c3ccncc3)c2c1. The largest absolute Gasteiger partial charge is 0.494 e. The highest BCUT2D eigenvalue weighted by Gasteiger charge is 2.11. The van der Waals surface area contributed by atoms with Crippen molar-refractivity contribution in [3.8, 4) is 5.88 Å². The minimum absolute atomic E-state index is 0.180. The van der Waals surface area contributed by atoms with E-state index in [1.54, 1.807) is 12.4 Å². The van der Waals surface area contributed by atoms with Crippen molar-refractivity contribution in [1.29, 1.82) is 0 Å². The number of aryl methyl sites for hydroxylation is 1. The van der Waals surface area contributed by atoms with E-state index < -0.39 is 0 Å². The summed E-state index contributed by atoms with van der Waals surface area (Å²) >= 11 is 0. The molecule has 3 heterocycles. The lowest BCUT2D eigenvalue weighted by Crippen LogP contribution is -2.12. The Balaban J connectivity index is 1.43. The van der Waals surface area contributed by atoms with Crippen LogP contribution in [0.5, 0.6) is 5.88 Å². The van der Waals surface area contributed by atoms with Crippen LogP contribution in [0.2, 0.25) is 0 Å². The van der Waals surface area contributed by atoms with E-state index >= 15 is 0 Å². The Bertz CT molecular complexity index is 1530. The van der Waals surface area contributed by atoms with Gasteiger partial charge in [-0.2, -0.15) is 0 Å². The number of aromatic amines is 1. The van der Waals surface area contributed by atoms with Crippen LogP contribution in [0.4, 0.5) is 5.69 Å². The summed E-state index contributed by atoms with van der Waals surface area (Å²) in [5.74, 6) is 0.180. The number of hydrogen-bond acceptors (Lipinski definition) is 5. The van der Waals surface area contributed by atoms with E-state index in [1.165, 1.54) is 12.0 Å². The monoisotopic (exact) mass is 463 g/mol. The Morgan fingerprint density at radius 1 is 0.943 bits per heavy atom. The molecule has 35 heavy (non-hydrogen) atoms. The first-order valence-electron chi connectivity index (χ1n) is 11.9. The van der Waals surface area contributed by atoms with E-state index in [9.17, 15) is 5.11 Å². The van der Waals surface area contributed by atoms with Crippen LogP contribution < -0.4 is 10.4 Å². The van der Waals surface area contributed by atoms with Crippen LogP contribution in [0.3, 0.4) is 0 Å². The molecule has 0 fully saturated rings. The van der Waals surface area contributed by atoms with Crippen molar-refractivity contribution < 1.29 is 5.11 Å². The van der Waals surface area contributed by atoms with E-state index in [4.69, 9.17) is 0 Å². The second-order valence-electron chi connectivity index (χ2n) is 9.15. The number of rotatable bonds is 8. The number of H-pyrrole nitrogens is 1. The van der Waals surface area contributed by atoms with Gasteiger partial charge in [-0.15, -0.1) is 10.2 Å². The van der Waals surface area contributed by atoms with Crippen LogP contribution >= 0.6 is 0 Å². The van der Waals surface area contributed by atoms with Gasteiger partial charge in [0.15, 0.2) is 5.88 Å². The number of aromatic nitrogens is 2. The first-order chi connectivity index (χ1) is 17.1. The van der Waals surface area contributed by atoms with Gasteiger partial charge in [0, 0.05) is 34.1 Å². The quantitative estimate of drug-likeness (QED) is 0.365. The maximum absolute atomic E-state index is 10.6. The summed E-state index contributed by atoms with van der Waals surface area (Å²) in [5, 5.41) is 22.3. The molecule has 6 nitrogen and oxygen atoms in total. The highest BCUT2D eigenvalue weighted by atomic mass is 16.3. The van der Waals surface area contributed by atoms with Crippen LogP contribution in [0.15, 0.2) is 77.2 Å². The lowest BCUT2D eigenvalue weighted by molar-refractivity contribution is 0.394. The van der Waals surface area contributed by atoms with Gasteiger partial charge < -0.3 is 15.0 Å². The second kappa shape index (κ2) is 10.1. The number of nitrogens with one attached hydrogen (secondary N) is 1. The van der Waals surface area contributed by atoms with Gasteiger partial charge in [-0.3, -0.25) is 4.98 Å². The van der Waals surface area contributed by atoms with E-state index in [-0.39, 0.29) is 5.88 Å². The normalized spacial score (nSPS) is 13.6. The van der Waals surface area contributed by atoms with Crippen molar-refractivity contribution in [1.82, 2.24) is 14.9 Å². The third kappa shape index (κ3) is 5.23. The molecule has 0 spiro atoms. The second-order valence-corrected chi connectivity index (χ2v) is 9.15. The molecule has 0 bridgehead atoms. The molecule has 1 aliphatic heterocycles. The van der Waals surface area contributed by atoms with E-state index in [0.29, 0.717) is 0 Å².